The van der Waals surface area contributed by atoms with Gasteiger partial charge in [0.05, 0.1) is 0 Å². The SMILES string of the molecule is Cn1ccsc1=NC(=O)CCc1nc(-c2ccsc2)no1. The van der Waals surface area contributed by atoms with Crippen molar-refractivity contribution in [2.45, 2.75) is 12.8 Å². The molecule has 0 fully saturated rings. The Hall–Kier alpha value is -2.06. The first-order chi connectivity index (χ1) is 10.2. The minimum atomic E-state index is -0.191. The molecule has 0 aliphatic heterocycles. The molecule has 0 aliphatic rings. The molecule has 8 heteroatoms. The number of aryl methyl sites for hydroxylation is 2. The van der Waals surface area contributed by atoms with Crippen molar-refractivity contribution in [3.05, 3.63) is 39.1 Å². The number of carbonyl (C=O) groups is 1. The summed E-state index contributed by atoms with van der Waals surface area (Å²) in [5, 5.41) is 9.69. The number of aromatic nitrogens is 3. The van der Waals surface area contributed by atoms with Crippen LogP contribution < -0.4 is 4.80 Å². The zero-order valence-electron chi connectivity index (χ0n) is 11.2. The maximum Gasteiger partial charge on any atom is 0.248 e. The molecule has 0 aromatic carbocycles. The molecule has 0 N–H and O–H groups in total. The summed E-state index contributed by atoms with van der Waals surface area (Å²) in [5.41, 5.74) is 0.927. The topological polar surface area (TPSA) is 73.3 Å². The van der Waals surface area contributed by atoms with Crippen LogP contribution in [0, 0.1) is 0 Å². The third kappa shape index (κ3) is 3.34. The molecular formula is C13H12N4O2S2. The van der Waals surface area contributed by atoms with E-state index < -0.39 is 0 Å². The van der Waals surface area contributed by atoms with Gasteiger partial charge >= 0.3 is 0 Å². The van der Waals surface area contributed by atoms with Gasteiger partial charge in [0.25, 0.3) is 0 Å². The van der Waals surface area contributed by atoms with E-state index in [1.165, 1.54) is 11.3 Å². The molecule has 3 aromatic heterocycles. The Labute approximate surface area is 128 Å². The predicted molar refractivity (Wildman–Crippen MR) is 79.8 cm³/mol. The van der Waals surface area contributed by atoms with Crippen molar-refractivity contribution in [1.82, 2.24) is 14.7 Å². The summed E-state index contributed by atoms with van der Waals surface area (Å²) in [6.07, 6.45) is 2.51. The fourth-order valence-corrected chi connectivity index (χ4v) is 3.06. The summed E-state index contributed by atoms with van der Waals surface area (Å²) < 4.78 is 6.95. The van der Waals surface area contributed by atoms with Gasteiger partial charge in [-0.2, -0.15) is 21.3 Å². The lowest BCUT2D eigenvalue weighted by atomic mass is 10.3. The van der Waals surface area contributed by atoms with E-state index >= 15 is 0 Å². The second kappa shape index (κ2) is 6.15. The normalized spacial score (nSPS) is 12.0. The van der Waals surface area contributed by atoms with Crippen LogP contribution in [-0.2, 0) is 18.3 Å². The van der Waals surface area contributed by atoms with Crippen LogP contribution in [0.4, 0.5) is 0 Å². The lowest BCUT2D eigenvalue weighted by Gasteiger charge is -1.91. The molecule has 0 radical (unpaired) electrons. The molecule has 0 unspecified atom stereocenters. The Kier molecular flexibility index (Phi) is 4.07. The second-order valence-electron chi connectivity index (χ2n) is 4.33. The van der Waals surface area contributed by atoms with E-state index in [9.17, 15) is 4.79 Å². The molecule has 3 heterocycles. The average Bonchev–Trinajstić information content (AvgIpc) is 3.18. The molecule has 1 amide bonds. The zero-order valence-corrected chi connectivity index (χ0v) is 12.9. The highest BCUT2D eigenvalue weighted by atomic mass is 32.1. The fourth-order valence-electron chi connectivity index (χ4n) is 1.68. The molecule has 0 aliphatic carbocycles. The summed E-state index contributed by atoms with van der Waals surface area (Å²) in [4.78, 5) is 20.8. The van der Waals surface area contributed by atoms with E-state index in [-0.39, 0.29) is 12.3 Å². The maximum atomic E-state index is 11.8. The molecule has 3 rings (SSSR count). The summed E-state index contributed by atoms with van der Waals surface area (Å²) >= 11 is 3.00. The first kappa shape index (κ1) is 13.9. The van der Waals surface area contributed by atoms with Crippen LogP contribution in [0.2, 0.25) is 0 Å². The van der Waals surface area contributed by atoms with Crippen LogP contribution in [0.5, 0.6) is 0 Å². The van der Waals surface area contributed by atoms with Crippen LogP contribution in [0.1, 0.15) is 12.3 Å². The molecule has 3 aromatic rings. The van der Waals surface area contributed by atoms with Crippen LogP contribution >= 0.6 is 22.7 Å². The Bertz CT molecular complexity index is 798. The number of hydrogen-bond acceptors (Lipinski definition) is 6. The van der Waals surface area contributed by atoms with Gasteiger partial charge in [-0.25, -0.2) is 0 Å². The van der Waals surface area contributed by atoms with E-state index in [1.807, 2.05) is 40.0 Å². The molecule has 0 saturated heterocycles. The quantitative estimate of drug-likeness (QED) is 0.739. The van der Waals surface area contributed by atoms with Gasteiger partial charge in [0, 0.05) is 42.4 Å². The molecule has 0 saturated carbocycles. The van der Waals surface area contributed by atoms with Crippen molar-refractivity contribution < 1.29 is 9.32 Å². The summed E-state index contributed by atoms with van der Waals surface area (Å²) in [7, 11) is 1.85. The molecule has 0 atom stereocenters. The van der Waals surface area contributed by atoms with E-state index in [1.54, 1.807) is 11.3 Å². The highest BCUT2D eigenvalue weighted by Gasteiger charge is 2.10. The van der Waals surface area contributed by atoms with Crippen molar-refractivity contribution in [1.29, 1.82) is 0 Å². The number of thiazole rings is 1. The van der Waals surface area contributed by atoms with Gasteiger partial charge in [-0.05, 0) is 11.4 Å². The Morgan fingerprint density at radius 2 is 2.38 bits per heavy atom. The molecule has 108 valence electrons. The van der Waals surface area contributed by atoms with Crippen molar-refractivity contribution in [2.24, 2.45) is 12.0 Å². The lowest BCUT2D eigenvalue weighted by molar-refractivity contribution is -0.118. The maximum absolute atomic E-state index is 11.8. The third-order valence-electron chi connectivity index (χ3n) is 2.78. The molecule has 21 heavy (non-hydrogen) atoms. The van der Waals surface area contributed by atoms with Crippen molar-refractivity contribution in [3.8, 4) is 11.4 Å². The second-order valence-corrected chi connectivity index (χ2v) is 5.98. The molecule has 0 bridgehead atoms. The Morgan fingerprint density at radius 1 is 1.48 bits per heavy atom. The van der Waals surface area contributed by atoms with Crippen molar-refractivity contribution >= 4 is 28.6 Å². The van der Waals surface area contributed by atoms with E-state index in [2.05, 4.69) is 15.1 Å². The first-order valence-electron chi connectivity index (χ1n) is 6.25. The van der Waals surface area contributed by atoms with Crippen molar-refractivity contribution in [3.63, 3.8) is 0 Å². The predicted octanol–water partition coefficient (Wildman–Crippen LogP) is 2.26. The van der Waals surface area contributed by atoms with Crippen LogP contribution in [0.3, 0.4) is 0 Å². The number of thiophene rings is 1. The van der Waals surface area contributed by atoms with E-state index in [0.717, 1.165) is 5.56 Å². The van der Waals surface area contributed by atoms with Gasteiger partial charge in [-0.15, -0.1) is 11.3 Å². The van der Waals surface area contributed by atoms with Gasteiger partial charge in [0.15, 0.2) is 4.80 Å². The standard InChI is InChI=1S/C13H12N4O2S2/c1-17-5-7-21-13(17)14-10(18)2-3-11-15-12(16-19-11)9-4-6-20-8-9/h4-8H,2-3H2,1H3. The number of amides is 1. The number of hydrogen-bond donors (Lipinski definition) is 0. The highest BCUT2D eigenvalue weighted by molar-refractivity contribution is 7.08. The van der Waals surface area contributed by atoms with Gasteiger partial charge in [-0.3, -0.25) is 4.79 Å². The fraction of sp³-hybridized carbons (Fsp3) is 0.231. The monoisotopic (exact) mass is 320 g/mol. The zero-order chi connectivity index (χ0) is 14.7. The molecule has 6 nitrogen and oxygen atoms in total. The van der Waals surface area contributed by atoms with Gasteiger partial charge in [-0.1, -0.05) is 5.16 Å². The molecule has 0 spiro atoms. The summed E-state index contributed by atoms with van der Waals surface area (Å²) in [6, 6.07) is 1.93. The Morgan fingerprint density at radius 3 is 3.10 bits per heavy atom. The Balaban J connectivity index is 1.63. The van der Waals surface area contributed by atoms with Gasteiger partial charge < -0.3 is 9.09 Å². The highest BCUT2D eigenvalue weighted by Crippen LogP contribution is 2.18. The first-order valence-corrected chi connectivity index (χ1v) is 8.07. The largest absolute Gasteiger partial charge is 0.339 e. The van der Waals surface area contributed by atoms with Gasteiger partial charge in [0.1, 0.15) is 0 Å². The van der Waals surface area contributed by atoms with Crippen molar-refractivity contribution in [2.75, 3.05) is 0 Å². The average molecular weight is 320 g/mol. The molecular weight excluding hydrogens is 308 g/mol. The minimum Gasteiger partial charge on any atom is -0.339 e. The van der Waals surface area contributed by atoms with Crippen LogP contribution in [0.15, 0.2) is 37.9 Å². The van der Waals surface area contributed by atoms with Gasteiger partial charge in [0.2, 0.25) is 17.6 Å². The lowest BCUT2D eigenvalue weighted by Crippen LogP contribution is -2.12. The van der Waals surface area contributed by atoms with E-state index in [0.29, 0.717) is 22.9 Å². The number of rotatable bonds is 4. The summed E-state index contributed by atoms with van der Waals surface area (Å²) in [5.74, 6) is 0.818. The number of carbonyl (C=O) groups excluding carboxylic acids is 1. The van der Waals surface area contributed by atoms with E-state index in [4.69, 9.17) is 4.52 Å². The van der Waals surface area contributed by atoms with Crippen LogP contribution in [-0.4, -0.2) is 20.6 Å². The third-order valence-corrected chi connectivity index (χ3v) is 4.31. The smallest absolute Gasteiger partial charge is 0.248 e. The van der Waals surface area contributed by atoms with Crippen LogP contribution in [0.25, 0.3) is 11.4 Å². The minimum absolute atomic E-state index is 0.191. The summed E-state index contributed by atoms with van der Waals surface area (Å²) in [6.45, 7) is 0. The number of nitrogens with zero attached hydrogens (tertiary/aromatic N) is 4.